The normalized spacial score (nSPS) is 11.9. The largest absolute Gasteiger partial charge is 0.346 e. The molecular weight excluding hydrogens is 300 g/mol. The van der Waals surface area contributed by atoms with Gasteiger partial charge in [0.05, 0.1) is 12.5 Å². The van der Waals surface area contributed by atoms with Gasteiger partial charge in [0.25, 0.3) is 0 Å². The van der Waals surface area contributed by atoms with Gasteiger partial charge in [-0.2, -0.15) is 5.10 Å². The second-order valence-electron chi connectivity index (χ2n) is 5.77. The van der Waals surface area contributed by atoms with Gasteiger partial charge in [-0.25, -0.2) is 4.98 Å². The Morgan fingerprint density at radius 2 is 1.75 bits per heavy atom. The van der Waals surface area contributed by atoms with Crippen LogP contribution in [0.25, 0.3) is 11.1 Å². The second kappa shape index (κ2) is 7.08. The minimum absolute atomic E-state index is 0.0297. The predicted octanol–water partition coefficient (Wildman–Crippen LogP) is 2.90. The Morgan fingerprint density at radius 3 is 2.38 bits per heavy atom. The van der Waals surface area contributed by atoms with E-state index in [0.29, 0.717) is 6.42 Å². The van der Waals surface area contributed by atoms with Crippen molar-refractivity contribution in [2.24, 2.45) is 7.05 Å². The third kappa shape index (κ3) is 3.68. The average molecular weight is 320 g/mol. The van der Waals surface area contributed by atoms with Crippen LogP contribution >= 0.6 is 0 Å². The molecule has 0 aliphatic carbocycles. The topological polar surface area (TPSA) is 59.8 Å². The van der Waals surface area contributed by atoms with E-state index in [-0.39, 0.29) is 11.9 Å². The molecule has 122 valence electrons. The van der Waals surface area contributed by atoms with E-state index in [2.05, 4.69) is 27.5 Å². The highest BCUT2D eigenvalue weighted by Crippen LogP contribution is 2.19. The summed E-state index contributed by atoms with van der Waals surface area (Å²) in [6.07, 6.45) is 1.83. The van der Waals surface area contributed by atoms with Crippen LogP contribution in [-0.4, -0.2) is 20.7 Å². The van der Waals surface area contributed by atoms with Gasteiger partial charge in [0.2, 0.25) is 5.91 Å². The summed E-state index contributed by atoms with van der Waals surface area (Å²) in [6.45, 7) is 1.90. The van der Waals surface area contributed by atoms with Gasteiger partial charge in [-0.15, -0.1) is 0 Å². The number of benzene rings is 2. The predicted molar refractivity (Wildman–Crippen MR) is 93.1 cm³/mol. The summed E-state index contributed by atoms with van der Waals surface area (Å²) in [5, 5.41) is 6.98. The Labute approximate surface area is 141 Å². The van der Waals surface area contributed by atoms with Crippen LogP contribution in [0, 0.1) is 0 Å². The molecule has 0 spiro atoms. The first kappa shape index (κ1) is 15.9. The third-order valence-corrected chi connectivity index (χ3v) is 3.94. The molecule has 0 fully saturated rings. The van der Waals surface area contributed by atoms with Gasteiger partial charge in [0.15, 0.2) is 0 Å². The molecule has 0 bridgehead atoms. The lowest BCUT2D eigenvalue weighted by Crippen LogP contribution is -2.29. The van der Waals surface area contributed by atoms with E-state index in [1.807, 2.05) is 56.4 Å². The first-order chi connectivity index (χ1) is 11.6. The monoisotopic (exact) mass is 320 g/mol. The van der Waals surface area contributed by atoms with Crippen molar-refractivity contribution in [3.8, 4) is 11.1 Å². The van der Waals surface area contributed by atoms with Crippen LogP contribution in [0.1, 0.15) is 24.4 Å². The van der Waals surface area contributed by atoms with E-state index in [9.17, 15) is 4.79 Å². The van der Waals surface area contributed by atoms with Crippen molar-refractivity contribution in [2.75, 3.05) is 0 Å². The molecule has 1 atom stereocenters. The lowest BCUT2D eigenvalue weighted by Gasteiger charge is -2.13. The number of aryl methyl sites for hydroxylation is 1. The van der Waals surface area contributed by atoms with Gasteiger partial charge in [-0.1, -0.05) is 54.6 Å². The van der Waals surface area contributed by atoms with Gasteiger partial charge < -0.3 is 5.32 Å². The molecule has 0 aliphatic rings. The maximum atomic E-state index is 12.2. The summed E-state index contributed by atoms with van der Waals surface area (Å²) >= 11 is 0. The minimum atomic E-state index is -0.173. The first-order valence-electron chi connectivity index (χ1n) is 7.91. The SMILES string of the molecule is CC(NC(=O)Cc1ccc(-c2ccccc2)cc1)c1ncnn1C. The zero-order chi connectivity index (χ0) is 16.9. The van der Waals surface area contributed by atoms with Crippen molar-refractivity contribution in [1.29, 1.82) is 0 Å². The average Bonchev–Trinajstić information content (AvgIpc) is 3.02. The van der Waals surface area contributed by atoms with E-state index in [1.165, 1.54) is 11.9 Å². The molecule has 3 aromatic rings. The Kier molecular flexibility index (Phi) is 4.70. The fraction of sp³-hybridized carbons (Fsp3) is 0.211. The molecule has 3 rings (SSSR count). The molecule has 5 heteroatoms. The Bertz CT molecular complexity index is 809. The molecule has 1 amide bonds. The fourth-order valence-electron chi connectivity index (χ4n) is 2.69. The number of aromatic nitrogens is 3. The smallest absolute Gasteiger partial charge is 0.224 e. The molecule has 5 nitrogen and oxygen atoms in total. The maximum absolute atomic E-state index is 12.2. The van der Waals surface area contributed by atoms with E-state index in [4.69, 9.17) is 0 Å². The van der Waals surface area contributed by atoms with Crippen molar-refractivity contribution in [3.63, 3.8) is 0 Å². The number of nitrogens with one attached hydrogen (secondary N) is 1. The van der Waals surface area contributed by atoms with Crippen LogP contribution in [0.3, 0.4) is 0 Å². The molecule has 24 heavy (non-hydrogen) atoms. The number of nitrogens with zero attached hydrogens (tertiary/aromatic N) is 3. The summed E-state index contributed by atoms with van der Waals surface area (Å²) < 4.78 is 1.67. The van der Waals surface area contributed by atoms with Gasteiger partial charge in [-0.3, -0.25) is 9.48 Å². The summed E-state index contributed by atoms with van der Waals surface area (Å²) in [6, 6.07) is 18.1. The van der Waals surface area contributed by atoms with Crippen molar-refractivity contribution in [1.82, 2.24) is 20.1 Å². The molecule has 2 aromatic carbocycles. The van der Waals surface area contributed by atoms with Crippen LogP contribution in [0.4, 0.5) is 0 Å². The van der Waals surface area contributed by atoms with Crippen molar-refractivity contribution >= 4 is 5.91 Å². The molecule has 0 aliphatic heterocycles. The number of carbonyl (C=O) groups excluding carboxylic acids is 1. The van der Waals surface area contributed by atoms with Crippen LogP contribution in [0.5, 0.6) is 0 Å². The van der Waals surface area contributed by atoms with Gasteiger partial charge in [0.1, 0.15) is 12.2 Å². The Hall–Kier alpha value is -2.95. The number of hydrogen-bond donors (Lipinski definition) is 1. The lowest BCUT2D eigenvalue weighted by atomic mass is 10.0. The molecular formula is C19H20N4O. The number of rotatable bonds is 5. The second-order valence-corrected chi connectivity index (χ2v) is 5.77. The molecule has 1 N–H and O–H groups in total. The number of carbonyl (C=O) groups is 1. The standard InChI is InChI=1S/C19H20N4O/c1-14(19-20-13-21-23(19)2)22-18(24)12-15-8-10-17(11-9-15)16-6-4-3-5-7-16/h3-11,13-14H,12H2,1-2H3,(H,22,24). The van der Waals surface area contributed by atoms with E-state index in [1.54, 1.807) is 4.68 Å². The zero-order valence-corrected chi connectivity index (χ0v) is 13.8. The Balaban J connectivity index is 1.62. The van der Waals surface area contributed by atoms with Gasteiger partial charge >= 0.3 is 0 Å². The molecule has 0 radical (unpaired) electrons. The number of amides is 1. The maximum Gasteiger partial charge on any atom is 0.224 e. The van der Waals surface area contributed by atoms with E-state index < -0.39 is 0 Å². The van der Waals surface area contributed by atoms with Crippen LogP contribution in [0.2, 0.25) is 0 Å². The quantitative estimate of drug-likeness (QED) is 0.786. The minimum Gasteiger partial charge on any atom is -0.346 e. The summed E-state index contributed by atoms with van der Waals surface area (Å²) in [5.41, 5.74) is 3.30. The lowest BCUT2D eigenvalue weighted by molar-refractivity contribution is -0.121. The summed E-state index contributed by atoms with van der Waals surface area (Å²) in [5.74, 6) is 0.709. The molecule has 1 aromatic heterocycles. The highest BCUT2D eigenvalue weighted by molar-refractivity contribution is 5.79. The molecule has 0 saturated carbocycles. The van der Waals surface area contributed by atoms with Crippen molar-refractivity contribution in [3.05, 3.63) is 72.3 Å². The van der Waals surface area contributed by atoms with Gasteiger partial charge in [-0.05, 0) is 23.6 Å². The summed E-state index contributed by atoms with van der Waals surface area (Å²) in [7, 11) is 1.81. The highest BCUT2D eigenvalue weighted by Gasteiger charge is 2.14. The summed E-state index contributed by atoms with van der Waals surface area (Å²) in [4.78, 5) is 16.4. The first-order valence-corrected chi connectivity index (χ1v) is 7.91. The van der Waals surface area contributed by atoms with Gasteiger partial charge in [0, 0.05) is 7.05 Å². The van der Waals surface area contributed by atoms with Crippen LogP contribution in [-0.2, 0) is 18.3 Å². The van der Waals surface area contributed by atoms with Crippen LogP contribution < -0.4 is 5.32 Å². The third-order valence-electron chi connectivity index (χ3n) is 3.94. The highest BCUT2D eigenvalue weighted by atomic mass is 16.1. The Morgan fingerprint density at radius 1 is 1.08 bits per heavy atom. The van der Waals surface area contributed by atoms with E-state index in [0.717, 1.165) is 17.0 Å². The van der Waals surface area contributed by atoms with Crippen molar-refractivity contribution < 1.29 is 4.79 Å². The van der Waals surface area contributed by atoms with Crippen molar-refractivity contribution in [2.45, 2.75) is 19.4 Å². The molecule has 0 saturated heterocycles. The fourth-order valence-corrected chi connectivity index (χ4v) is 2.69. The van der Waals surface area contributed by atoms with E-state index >= 15 is 0 Å². The van der Waals surface area contributed by atoms with Crippen LogP contribution in [0.15, 0.2) is 60.9 Å². The zero-order valence-electron chi connectivity index (χ0n) is 13.8. The number of hydrogen-bond acceptors (Lipinski definition) is 3. The molecule has 1 heterocycles. The molecule has 1 unspecified atom stereocenters.